The van der Waals surface area contributed by atoms with E-state index in [4.69, 9.17) is 9.26 Å². The van der Waals surface area contributed by atoms with Gasteiger partial charge in [0.2, 0.25) is 5.76 Å². The number of ether oxygens (including phenoxy) is 1. The van der Waals surface area contributed by atoms with Gasteiger partial charge in [-0.3, -0.25) is 9.78 Å². The maximum atomic E-state index is 12.7. The molecule has 6 nitrogen and oxygen atoms in total. The Morgan fingerprint density at radius 1 is 1.30 bits per heavy atom. The molecule has 2 aromatic heterocycles. The summed E-state index contributed by atoms with van der Waals surface area (Å²) >= 11 is 0. The molecule has 6 heteroatoms. The third-order valence-electron chi connectivity index (χ3n) is 5.33. The zero-order valence-corrected chi connectivity index (χ0v) is 15.9. The normalized spacial score (nSPS) is 17.3. The van der Waals surface area contributed by atoms with Gasteiger partial charge in [-0.05, 0) is 55.8 Å². The lowest BCUT2D eigenvalue weighted by Gasteiger charge is -2.32. The van der Waals surface area contributed by atoms with E-state index in [0.29, 0.717) is 18.0 Å². The van der Waals surface area contributed by atoms with Gasteiger partial charge < -0.3 is 14.2 Å². The van der Waals surface area contributed by atoms with Gasteiger partial charge in [0, 0.05) is 42.4 Å². The third kappa shape index (κ3) is 3.27. The zero-order chi connectivity index (χ0) is 19.0. The van der Waals surface area contributed by atoms with Crippen molar-refractivity contribution in [1.82, 2.24) is 15.0 Å². The molecule has 1 aromatic carbocycles. The van der Waals surface area contributed by atoms with Gasteiger partial charge in [0.05, 0.1) is 12.8 Å². The predicted molar refractivity (Wildman–Crippen MR) is 102 cm³/mol. The van der Waals surface area contributed by atoms with E-state index in [9.17, 15) is 4.79 Å². The lowest BCUT2D eigenvalue weighted by Crippen LogP contribution is -2.39. The van der Waals surface area contributed by atoms with Gasteiger partial charge in [0.15, 0.2) is 0 Å². The van der Waals surface area contributed by atoms with Crippen LogP contribution >= 0.6 is 0 Å². The van der Waals surface area contributed by atoms with Crippen LogP contribution < -0.4 is 4.74 Å². The summed E-state index contributed by atoms with van der Waals surface area (Å²) in [6.45, 7) is 5.25. The molecule has 3 heterocycles. The van der Waals surface area contributed by atoms with Crippen LogP contribution in [0.4, 0.5) is 0 Å². The van der Waals surface area contributed by atoms with Gasteiger partial charge >= 0.3 is 0 Å². The number of likely N-dealkylation sites (tertiary alicyclic amines) is 1. The fraction of sp³-hybridized carbons (Fsp3) is 0.381. The van der Waals surface area contributed by atoms with Gasteiger partial charge in [-0.1, -0.05) is 5.16 Å². The number of fused-ring (bicyclic) bond motifs is 1. The summed E-state index contributed by atoms with van der Waals surface area (Å²) in [6, 6.07) is 7.83. The average Bonchev–Trinajstić information content (AvgIpc) is 3.14. The molecule has 140 valence electrons. The van der Waals surface area contributed by atoms with Crippen LogP contribution in [0.1, 0.15) is 46.3 Å². The molecule has 1 fully saturated rings. The summed E-state index contributed by atoms with van der Waals surface area (Å²) in [5, 5.41) is 6.07. The van der Waals surface area contributed by atoms with E-state index < -0.39 is 0 Å². The van der Waals surface area contributed by atoms with Crippen LogP contribution in [0.25, 0.3) is 10.8 Å². The molecular formula is C21H23N3O3. The van der Waals surface area contributed by atoms with Crippen LogP contribution in [-0.2, 0) is 0 Å². The van der Waals surface area contributed by atoms with Crippen molar-refractivity contribution < 1.29 is 14.1 Å². The number of piperidine rings is 1. The molecule has 0 spiro atoms. The van der Waals surface area contributed by atoms with E-state index in [1.807, 2.05) is 30.2 Å². The summed E-state index contributed by atoms with van der Waals surface area (Å²) in [4.78, 5) is 19.2. The van der Waals surface area contributed by atoms with Gasteiger partial charge in [0.1, 0.15) is 5.75 Å². The first kappa shape index (κ1) is 17.5. The third-order valence-corrected chi connectivity index (χ3v) is 5.33. The van der Waals surface area contributed by atoms with Gasteiger partial charge in [0.25, 0.3) is 5.91 Å². The standard InChI is InChI=1S/C21H23N3O3/c1-13-9-20(27-23-13)21(25)24-8-4-5-16(12-24)18-10-17-14(2)19(26-3)7-6-15(17)11-22-18/h6-7,9-11,16H,4-5,8,12H2,1-3H3/t16-/m1/s1. The molecule has 1 aliphatic rings. The number of rotatable bonds is 3. The van der Waals surface area contributed by atoms with Crippen molar-refractivity contribution >= 4 is 16.7 Å². The van der Waals surface area contributed by atoms with E-state index in [1.165, 1.54) is 0 Å². The molecule has 0 bridgehead atoms. The molecule has 4 rings (SSSR count). The Bertz CT molecular complexity index is 996. The maximum Gasteiger partial charge on any atom is 0.292 e. The average molecular weight is 365 g/mol. The van der Waals surface area contributed by atoms with Crippen molar-refractivity contribution in [2.45, 2.75) is 32.6 Å². The molecular weight excluding hydrogens is 342 g/mol. The number of aryl methyl sites for hydroxylation is 2. The monoisotopic (exact) mass is 365 g/mol. The number of hydrogen-bond donors (Lipinski definition) is 0. The number of hydrogen-bond acceptors (Lipinski definition) is 5. The largest absolute Gasteiger partial charge is 0.496 e. The Morgan fingerprint density at radius 2 is 2.15 bits per heavy atom. The Hall–Kier alpha value is -2.89. The Balaban J connectivity index is 1.61. The first-order valence-electron chi connectivity index (χ1n) is 9.22. The quantitative estimate of drug-likeness (QED) is 0.705. The molecule has 0 N–H and O–H groups in total. The summed E-state index contributed by atoms with van der Waals surface area (Å²) in [7, 11) is 1.69. The second kappa shape index (κ2) is 7.02. The van der Waals surface area contributed by atoms with Gasteiger partial charge in [-0.15, -0.1) is 0 Å². The topological polar surface area (TPSA) is 68.5 Å². The van der Waals surface area contributed by atoms with E-state index in [2.05, 4.69) is 23.1 Å². The Morgan fingerprint density at radius 3 is 2.89 bits per heavy atom. The first-order chi connectivity index (χ1) is 13.1. The molecule has 1 amide bonds. The van der Waals surface area contributed by atoms with Gasteiger partial charge in [-0.25, -0.2) is 0 Å². The van der Waals surface area contributed by atoms with Crippen molar-refractivity contribution in [3.63, 3.8) is 0 Å². The zero-order valence-electron chi connectivity index (χ0n) is 15.9. The second-order valence-corrected chi connectivity index (χ2v) is 7.15. The fourth-order valence-electron chi connectivity index (χ4n) is 3.83. The molecule has 1 aliphatic heterocycles. The van der Waals surface area contributed by atoms with E-state index in [-0.39, 0.29) is 11.8 Å². The number of aromatic nitrogens is 2. The number of carbonyl (C=O) groups excluding carboxylic acids is 1. The van der Waals surface area contributed by atoms with Crippen molar-refractivity contribution in [3.05, 3.63) is 53.2 Å². The molecule has 3 aromatic rings. The number of methoxy groups -OCH3 is 1. The van der Waals surface area contributed by atoms with E-state index >= 15 is 0 Å². The smallest absolute Gasteiger partial charge is 0.292 e. The molecule has 1 atom stereocenters. The minimum absolute atomic E-state index is 0.0982. The van der Waals surface area contributed by atoms with Crippen LogP contribution in [-0.4, -0.2) is 41.1 Å². The van der Waals surface area contributed by atoms with Crippen LogP contribution in [0.3, 0.4) is 0 Å². The molecule has 0 unspecified atom stereocenters. The minimum Gasteiger partial charge on any atom is -0.496 e. The molecule has 0 radical (unpaired) electrons. The number of pyridine rings is 1. The van der Waals surface area contributed by atoms with Crippen molar-refractivity contribution in [1.29, 1.82) is 0 Å². The van der Waals surface area contributed by atoms with Crippen molar-refractivity contribution in [3.8, 4) is 5.75 Å². The van der Waals surface area contributed by atoms with E-state index in [1.54, 1.807) is 13.2 Å². The number of amides is 1. The summed E-state index contributed by atoms with van der Waals surface area (Å²) in [5.74, 6) is 1.29. The highest BCUT2D eigenvalue weighted by Crippen LogP contribution is 2.32. The molecule has 1 saturated heterocycles. The van der Waals surface area contributed by atoms with Crippen LogP contribution in [0.5, 0.6) is 5.75 Å². The highest BCUT2D eigenvalue weighted by atomic mass is 16.5. The summed E-state index contributed by atoms with van der Waals surface area (Å²) < 4.78 is 10.6. The fourth-order valence-corrected chi connectivity index (χ4v) is 3.83. The minimum atomic E-state index is -0.0982. The van der Waals surface area contributed by atoms with Crippen molar-refractivity contribution in [2.75, 3.05) is 20.2 Å². The number of carbonyl (C=O) groups is 1. The molecule has 27 heavy (non-hydrogen) atoms. The Kier molecular flexibility index (Phi) is 4.56. The van der Waals surface area contributed by atoms with Crippen molar-refractivity contribution in [2.24, 2.45) is 0 Å². The molecule has 0 aliphatic carbocycles. The second-order valence-electron chi connectivity index (χ2n) is 7.15. The first-order valence-corrected chi connectivity index (χ1v) is 9.22. The lowest BCUT2D eigenvalue weighted by molar-refractivity contribution is 0.0664. The predicted octanol–water partition coefficient (Wildman–Crippen LogP) is 3.87. The highest BCUT2D eigenvalue weighted by molar-refractivity contribution is 5.91. The number of nitrogens with zero attached hydrogens (tertiary/aromatic N) is 3. The van der Waals surface area contributed by atoms with Crippen LogP contribution in [0.15, 0.2) is 35.0 Å². The molecule has 0 saturated carbocycles. The van der Waals surface area contributed by atoms with Crippen LogP contribution in [0.2, 0.25) is 0 Å². The Labute approximate surface area is 158 Å². The highest BCUT2D eigenvalue weighted by Gasteiger charge is 2.28. The number of benzene rings is 1. The lowest BCUT2D eigenvalue weighted by atomic mass is 9.92. The summed E-state index contributed by atoms with van der Waals surface area (Å²) in [5.41, 5.74) is 2.84. The van der Waals surface area contributed by atoms with Gasteiger partial charge in [-0.2, -0.15) is 0 Å². The maximum absolute atomic E-state index is 12.7. The van der Waals surface area contributed by atoms with Crippen LogP contribution in [0, 0.1) is 13.8 Å². The summed E-state index contributed by atoms with van der Waals surface area (Å²) in [6.07, 6.45) is 3.87. The van der Waals surface area contributed by atoms with E-state index in [0.717, 1.165) is 47.2 Å². The SMILES string of the molecule is COc1ccc2cnc([C@@H]3CCCN(C(=O)c4cc(C)no4)C3)cc2c1C.